The van der Waals surface area contributed by atoms with Crippen LogP contribution >= 0.6 is 11.3 Å². The second-order valence-electron chi connectivity index (χ2n) is 5.60. The molecule has 0 radical (unpaired) electrons. The summed E-state index contributed by atoms with van der Waals surface area (Å²) < 4.78 is 11.0. The molecule has 26 heavy (non-hydrogen) atoms. The van der Waals surface area contributed by atoms with Crippen LogP contribution in [0.1, 0.15) is 16.3 Å². The summed E-state index contributed by atoms with van der Waals surface area (Å²) >= 11 is 1.50. The number of benzene rings is 2. The SMILES string of the molecule is COc1ccccc1CNC(=O)Cc1csc(COc2ccccc2)n1. The third-order valence-electron chi connectivity index (χ3n) is 3.72. The number of para-hydroxylation sites is 2. The number of carbonyl (C=O) groups excluding carboxylic acids is 1. The fraction of sp³-hybridized carbons (Fsp3) is 0.200. The normalized spacial score (nSPS) is 10.3. The highest BCUT2D eigenvalue weighted by Crippen LogP contribution is 2.17. The van der Waals surface area contributed by atoms with Crippen LogP contribution in [0.25, 0.3) is 0 Å². The maximum atomic E-state index is 12.2. The van der Waals surface area contributed by atoms with Crippen molar-refractivity contribution in [1.82, 2.24) is 10.3 Å². The minimum atomic E-state index is -0.0725. The number of methoxy groups -OCH3 is 1. The Morgan fingerprint density at radius 1 is 1.12 bits per heavy atom. The maximum absolute atomic E-state index is 12.2. The van der Waals surface area contributed by atoms with Crippen LogP contribution in [-0.4, -0.2) is 18.0 Å². The van der Waals surface area contributed by atoms with Crippen LogP contribution in [0.15, 0.2) is 60.0 Å². The van der Waals surface area contributed by atoms with Gasteiger partial charge in [-0.25, -0.2) is 4.98 Å². The lowest BCUT2D eigenvalue weighted by Crippen LogP contribution is -2.24. The fourth-order valence-corrected chi connectivity index (χ4v) is 3.13. The van der Waals surface area contributed by atoms with Crippen molar-refractivity contribution in [2.45, 2.75) is 19.6 Å². The van der Waals surface area contributed by atoms with E-state index in [-0.39, 0.29) is 12.3 Å². The lowest BCUT2D eigenvalue weighted by molar-refractivity contribution is -0.120. The lowest BCUT2D eigenvalue weighted by Gasteiger charge is -2.09. The van der Waals surface area contributed by atoms with Gasteiger partial charge in [-0.15, -0.1) is 11.3 Å². The maximum Gasteiger partial charge on any atom is 0.226 e. The molecule has 6 heteroatoms. The number of nitrogens with zero attached hydrogens (tertiary/aromatic N) is 1. The van der Waals surface area contributed by atoms with Crippen LogP contribution in [0.4, 0.5) is 0 Å². The Labute approximate surface area is 156 Å². The van der Waals surface area contributed by atoms with Crippen molar-refractivity contribution in [2.24, 2.45) is 0 Å². The fourth-order valence-electron chi connectivity index (χ4n) is 2.43. The van der Waals surface area contributed by atoms with Gasteiger partial charge in [0, 0.05) is 17.5 Å². The number of aromatic nitrogens is 1. The second-order valence-corrected chi connectivity index (χ2v) is 6.54. The minimum Gasteiger partial charge on any atom is -0.496 e. The number of carbonyl (C=O) groups is 1. The van der Waals surface area contributed by atoms with Gasteiger partial charge in [-0.1, -0.05) is 36.4 Å². The number of hydrogen-bond donors (Lipinski definition) is 1. The summed E-state index contributed by atoms with van der Waals surface area (Å²) in [5.74, 6) is 1.50. The first kappa shape index (κ1) is 17.9. The molecule has 1 aromatic heterocycles. The molecule has 0 spiro atoms. The lowest BCUT2D eigenvalue weighted by atomic mass is 10.2. The standard InChI is InChI=1S/C20H20N2O3S/c1-24-18-10-6-5-7-15(18)12-21-19(23)11-16-14-26-20(22-16)13-25-17-8-3-2-4-9-17/h2-10,14H,11-13H2,1H3,(H,21,23). The third-order valence-corrected chi connectivity index (χ3v) is 4.59. The van der Waals surface area contributed by atoms with E-state index in [1.807, 2.05) is 60.0 Å². The van der Waals surface area contributed by atoms with Crippen molar-refractivity contribution in [2.75, 3.05) is 7.11 Å². The summed E-state index contributed by atoms with van der Waals surface area (Å²) in [5.41, 5.74) is 1.69. The molecule has 0 bridgehead atoms. The van der Waals surface area contributed by atoms with Crippen molar-refractivity contribution in [3.8, 4) is 11.5 Å². The number of thiazole rings is 1. The van der Waals surface area contributed by atoms with Gasteiger partial charge in [-0.3, -0.25) is 4.79 Å². The molecule has 1 heterocycles. The summed E-state index contributed by atoms with van der Waals surface area (Å²) in [7, 11) is 1.62. The number of ether oxygens (including phenoxy) is 2. The summed E-state index contributed by atoms with van der Waals surface area (Å²) in [6.45, 7) is 0.828. The molecule has 0 aliphatic heterocycles. The summed E-state index contributed by atoms with van der Waals surface area (Å²) in [5, 5.41) is 5.65. The number of amides is 1. The summed E-state index contributed by atoms with van der Waals surface area (Å²) in [4.78, 5) is 16.6. The van der Waals surface area contributed by atoms with E-state index in [1.54, 1.807) is 7.11 Å². The Morgan fingerprint density at radius 3 is 2.69 bits per heavy atom. The van der Waals surface area contributed by atoms with Gasteiger partial charge in [0.05, 0.1) is 19.2 Å². The first-order valence-electron chi connectivity index (χ1n) is 8.24. The van der Waals surface area contributed by atoms with E-state index in [2.05, 4.69) is 10.3 Å². The van der Waals surface area contributed by atoms with Crippen molar-refractivity contribution < 1.29 is 14.3 Å². The third kappa shape index (κ3) is 5.07. The van der Waals surface area contributed by atoms with Crippen LogP contribution in [0.5, 0.6) is 11.5 Å². The molecule has 0 atom stereocenters. The molecule has 0 saturated carbocycles. The van der Waals surface area contributed by atoms with E-state index >= 15 is 0 Å². The van der Waals surface area contributed by atoms with E-state index in [9.17, 15) is 4.79 Å². The highest BCUT2D eigenvalue weighted by molar-refractivity contribution is 7.09. The molecule has 1 amide bonds. The van der Waals surface area contributed by atoms with E-state index in [4.69, 9.17) is 9.47 Å². The highest BCUT2D eigenvalue weighted by atomic mass is 32.1. The Hall–Kier alpha value is -2.86. The van der Waals surface area contributed by atoms with E-state index in [0.29, 0.717) is 13.2 Å². The van der Waals surface area contributed by atoms with Crippen molar-refractivity contribution in [3.63, 3.8) is 0 Å². The van der Waals surface area contributed by atoms with Crippen LogP contribution in [0.3, 0.4) is 0 Å². The van der Waals surface area contributed by atoms with Crippen molar-refractivity contribution >= 4 is 17.2 Å². The van der Waals surface area contributed by atoms with E-state index in [0.717, 1.165) is 27.8 Å². The van der Waals surface area contributed by atoms with Gasteiger partial charge in [0.25, 0.3) is 0 Å². The molecule has 3 aromatic rings. The molecule has 0 aliphatic carbocycles. The molecule has 2 aromatic carbocycles. The quantitative estimate of drug-likeness (QED) is 0.660. The molecular formula is C20H20N2O3S. The average Bonchev–Trinajstić information content (AvgIpc) is 3.13. The Bertz CT molecular complexity index is 849. The van der Waals surface area contributed by atoms with Gasteiger partial charge in [0.15, 0.2) is 0 Å². The predicted octanol–water partition coefficient (Wildman–Crippen LogP) is 3.59. The number of hydrogen-bond acceptors (Lipinski definition) is 5. The monoisotopic (exact) mass is 368 g/mol. The zero-order valence-corrected chi connectivity index (χ0v) is 15.3. The van der Waals surface area contributed by atoms with E-state index in [1.165, 1.54) is 11.3 Å². The first-order chi connectivity index (χ1) is 12.7. The Balaban J connectivity index is 1.48. The molecule has 134 valence electrons. The van der Waals surface area contributed by atoms with Crippen LogP contribution in [0, 0.1) is 0 Å². The number of nitrogens with one attached hydrogen (secondary N) is 1. The van der Waals surface area contributed by atoms with Crippen molar-refractivity contribution in [3.05, 3.63) is 76.2 Å². The second kappa shape index (κ2) is 9.01. The van der Waals surface area contributed by atoms with Gasteiger partial charge in [0.1, 0.15) is 23.1 Å². The first-order valence-corrected chi connectivity index (χ1v) is 9.12. The highest BCUT2D eigenvalue weighted by Gasteiger charge is 2.09. The van der Waals surface area contributed by atoms with Crippen LogP contribution in [0.2, 0.25) is 0 Å². The average molecular weight is 368 g/mol. The molecule has 0 unspecified atom stereocenters. The Kier molecular flexibility index (Phi) is 6.22. The van der Waals surface area contributed by atoms with Gasteiger partial charge >= 0.3 is 0 Å². The van der Waals surface area contributed by atoms with Gasteiger partial charge in [-0.05, 0) is 18.2 Å². The molecule has 5 nitrogen and oxygen atoms in total. The van der Waals surface area contributed by atoms with Crippen LogP contribution < -0.4 is 14.8 Å². The zero-order chi connectivity index (χ0) is 18.2. The smallest absolute Gasteiger partial charge is 0.226 e. The van der Waals surface area contributed by atoms with Gasteiger partial charge < -0.3 is 14.8 Å². The van der Waals surface area contributed by atoms with Gasteiger partial charge in [-0.2, -0.15) is 0 Å². The van der Waals surface area contributed by atoms with Crippen molar-refractivity contribution in [1.29, 1.82) is 0 Å². The molecule has 0 fully saturated rings. The minimum absolute atomic E-state index is 0.0725. The molecular weight excluding hydrogens is 348 g/mol. The Morgan fingerprint density at radius 2 is 1.88 bits per heavy atom. The van der Waals surface area contributed by atoms with E-state index < -0.39 is 0 Å². The largest absolute Gasteiger partial charge is 0.496 e. The molecule has 3 rings (SSSR count). The van der Waals surface area contributed by atoms with Crippen LogP contribution in [-0.2, 0) is 24.4 Å². The predicted molar refractivity (Wildman–Crippen MR) is 101 cm³/mol. The topological polar surface area (TPSA) is 60.5 Å². The molecule has 1 N–H and O–H groups in total. The van der Waals surface area contributed by atoms with Gasteiger partial charge in [0.2, 0.25) is 5.91 Å². The summed E-state index contributed by atoms with van der Waals surface area (Å²) in [6.07, 6.45) is 0.247. The zero-order valence-electron chi connectivity index (χ0n) is 14.5. The molecule has 0 saturated heterocycles. The summed E-state index contributed by atoms with van der Waals surface area (Å²) in [6, 6.07) is 17.2. The molecule has 0 aliphatic rings. The number of rotatable bonds is 8.